The van der Waals surface area contributed by atoms with Crippen molar-refractivity contribution in [2.24, 2.45) is 0 Å². The van der Waals surface area contributed by atoms with Gasteiger partial charge in [-0.1, -0.05) is 83.9 Å². The summed E-state index contributed by atoms with van der Waals surface area (Å²) in [5.74, 6) is 0. The fourth-order valence-electron chi connectivity index (χ4n) is 5.66. The van der Waals surface area contributed by atoms with Gasteiger partial charge in [0.15, 0.2) is 8.07 Å². The highest BCUT2D eigenvalue weighted by atomic mass is 28.3. The summed E-state index contributed by atoms with van der Waals surface area (Å²) < 4.78 is 0. The minimum Gasteiger partial charge on any atom is -0.0647 e. The molecular formula is C30H34Si. The minimum atomic E-state index is -2.40. The van der Waals surface area contributed by atoms with E-state index < -0.39 is 8.07 Å². The molecule has 0 saturated carbocycles. The standard InChI is InChI=1S/C30H34Si/c1-20-18-29(19-21(2)22(20)3)31(27-14-10-8-11-15-27,28-16-12-9-13-17-28)30-25(6)23(4)24(5)26(30)7/h8-19,30H,1-7H3. The Morgan fingerprint density at radius 2 is 0.903 bits per heavy atom. The highest BCUT2D eigenvalue weighted by molar-refractivity contribution is 7.13. The first-order valence-corrected chi connectivity index (χ1v) is 13.4. The third-order valence-corrected chi connectivity index (χ3v) is 13.3. The summed E-state index contributed by atoms with van der Waals surface area (Å²) in [4.78, 5) is 0. The predicted molar refractivity (Wildman–Crippen MR) is 139 cm³/mol. The monoisotopic (exact) mass is 422 g/mol. The lowest BCUT2D eigenvalue weighted by atomic mass is 10.1. The molecular weight excluding hydrogens is 388 g/mol. The molecule has 4 rings (SSSR count). The van der Waals surface area contributed by atoms with E-state index in [1.54, 1.807) is 11.1 Å². The fraction of sp³-hybridized carbons (Fsp3) is 0.267. The van der Waals surface area contributed by atoms with E-state index in [-0.39, 0.29) is 0 Å². The molecule has 0 amide bonds. The Hall–Kier alpha value is -2.64. The highest BCUT2D eigenvalue weighted by Crippen LogP contribution is 2.46. The number of hydrogen-bond acceptors (Lipinski definition) is 0. The summed E-state index contributed by atoms with van der Waals surface area (Å²) in [6, 6.07) is 27.7. The van der Waals surface area contributed by atoms with Gasteiger partial charge in [-0.05, 0) is 91.9 Å². The Bertz CT molecular complexity index is 1090. The predicted octanol–water partition coefficient (Wildman–Crippen LogP) is 6.14. The van der Waals surface area contributed by atoms with Gasteiger partial charge in [0.05, 0.1) is 0 Å². The second kappa shape index (κ2) is 8.13. The number of aryl methyl sites for hydroxylation is 2. The summed E-state index contributed by atoms with van der Waals surface area (Å²) in [6.07, 6.45) is 0. The maximum atomic E-state index is 2.50. The molecule has 0 fully saturated rings. The van der Waals surface area contributed by atoms with E-state index >= 15 is 0 Å². The smallest absolute Gasteiger partial charge is 0.0647 e. The summed E-state index contributed by atoms with van der Waals surface area (Å²) in [5.41, 5.74) is 10.7. The molecule has 0 unspecified atom stereocenters. The normalized spacial score (nSPS) is 15.2. The molecule has 3 aromatic carbocycles. The van der Waals surface area contributed by atoms with Crippen molar-refractivity contribution in [2.45, 2.75) is 54.0 Å². The molecule has 0 heterocycles. The third-order valence-electron chi connectivity index (χ3n) is 7.89. The van der Waals surface area contributed by atoms with Crippen LogP contribution in [0.15, 0.2) is 95.1 Å². The van der Waals surface area contributed by atoms with Gasteiger partial charge in [0.2, 0.25) is 0 Å². The van der Waals surface area contributed by atoms with E-state index in [0.717, 1.165) is 0 Å². The molecule has 1 aliphatic rings. The second-order valence-electron chi connectivity index (χ2n) is 9.32. The second-order valence-corrected chi connectivity index (χ2v) is 13.2. The SMILES string of the molecule is CC1=C(C)C([Si](c2ccccc2)(c2ccccc2)c2cc(C)c(C)c(C)c2)C(C)=C1C. The van der Waals surface area contributed by atoms with Crippen LogP contribution in [0.1, 0.15) is 44.4 Å². The molecule has 0 aromatic heterocycles. The van der Waals surface area contributed by atoms with Crippen molar-refractivity contribution in [3.05, 3.63) is 112 Å². The average Bonchev–Trinajstić information content (AvgIpc) is 2.98. The molecule has 0 spiro atoms. The van der Waals surface area contributed by atoms with E-state index in [1.807, 2.05) is 0 Å². The van der Waals surface area contributed by atoms with E-state index in [9.17, 15) is 0 Å². The molecule has 0 aliphatic heterocycles. The van der Waals surface area contributed by atoms with E-state index in [4.69, 9.17) is 0 Å². The number of allylic oxidation sites excluding steroid dienone is 4. The molecule has 0 radical (unpaired) electrons. The van der Waals surface area contributed by atoms with Crippen molar-refractivity contribution >= 4 is 23.6 Å². The first-order chi connectivity index (χ1) is 14.8. The third kappa shape index (κ3) is 3.27. The maximum absolute atomic E-state index is 2.50. The Balaban J connectivity index is 2.20. The molecule has 0 saturated heterocycles. The van der Waals surface area contributed by atoms with Crippen molar-refractivity contribution in [1.82, 2.24) is 0 Å². The molecule has 0 atom stereocenters. The van der Waals surface area contributed by atoms with Gasteiger partial charge < -0.3 is 0 Å². The summed E-state index contributed by atoms with van der Waals surface area (Å²) in [5, 5.41) is 4.52. The molecule has 158 valence electrons. The van der Waals surface area contributed by atoms with Crippen LogP contribution in [0, 0.1) is 20.8 Å². The minimum absolute atomic E-state index is 0.429. The van der Waals surface area contributed by atoms with Gasteiger partial charge in [0.25, 0.3) is 0 Å². The van der Waals surface area contributed by atoms with Crippen molar-refractivity contribution in [1.29, 1.82) is 0 Å². The Morgan fingerprint density at radius 3 is 1.29 bits per heavy atom. The quantitative estimate of drug-likeness (QED) is 0.350. The number of benzene rings is 3. The van der Waals surface area contributed by atoms with Crippen LogP contribution in [-0.4, -0.2) is 8.07 Å². The Morgan fingerprint density at radius 1 is 0.516 bits per heavy atom. The first-order valence-electron chi connectivity index (χ1n) is 11.3. The highest BCUT2D eigenvalue weighted by Gasteiger charge is 2.50. The molecule has 31 heavy (non-hydrogen) atoms. The Kier molecular flexibility index (Phi) is 5.66. The number of hydrogen-bond donors (Lipinski definition) is 0. The zero-order valence-electron chi connectivity index (χ0n) is 20.0. The van der Waals surface area contributed by atoms with Crippen LogP contribution >= 0.6 is 0 Å². The van der Waals surface area contributed by atoms with Crippen molar-refractivity contribution in [3.63, 3.8) is 0 Å². The number of rotatable bonds is 4. The molecule has 1 heteroatoms. The lowest BCUT2D eigenvalue weighted by molar-refractivity contribution is 1.09. The summed E-state index contributed by atoms with van der Waals surface area (Å²) >= 11 is 0. The van der Waals surface area contributed by atoms with Gasteiger partial charge in [0.1, 0.15) is 0 Å². The average molecular weight is 423 g/mol. The van der Waals surface area contributed by atoms with Gasteiger partial charge in [-0.15, -0.1) is 0 Å². The van der Waals surface area contributed by atoms with Gasteiger partial charge in [-0.2, -0.15) is 0 Å². The van der Waals surface area contributed by atoms with Crippen LogP contribution in [0.2, 0.25) is 5.54 Å². The van der Waals surface area contributed by atoms with Crippen LogP contribution in [0.25, 0.3) is 0 Å². The van der Waals surface area contributed by atoms with Crippen molar-refractivity contribution in [3.8, 4) is 0 Å². The van der Waals surface area contributed by atoms with E-state index in [2.05, 4.69) is 121 Å². The summed E-state index contributed by atoms with van der Waals surface area (Å²) in [7, 11) is -2.40. The van der Waals surface area contributed by atoms with Gasteiger partial charge in [-0.25, -0.2) is 0 Å². The zero-order valence-corrected chi connectivity index (χ0v) is 21.0. The molecule has 0 N–H and O–H groups in total. The maximum Gasteiger partial charge on any atom is 0.159 e. The first kappa shape index (κ1) is 21.6. The lowest BCUT2D eigenvalue weighted by Gasteiger charge is -2.41. The van der Waals surface area contributed by atoms with Crippen LogP contribution in [0.3, 0.4) is 0 Å². The van der Waals surface area contributed by atoms with Gasteiger partial charge in [-0.3, -0.25) is 0 Å². The van der Waals surface area contributed by atoms with Crippen LogP contribution in [0.5, 0.6) is 0 Å². The van der Waals surface area contributed by atoms with E-state index in [0.29, 0.717) is 5.54 Å². The zero-order chi connectivity index (χ0) is 22.3. The Labute approximate surface area is 189 Å². The van der Waals surface area contributed by atoms with Crippen LogP contribution in [-0.2, 0) is 0 Å². The van der Waals surface area contributed by atoms with Gasteiger partial charge in [0, 0.05) is 5.54 Å². The molecule has 0 bridgehead atoms. The largest absolute Gasteiger partial charge is 0.159 e. The fourth-order valence-corrected chi connectivity index (χ4v) is 11.7. The van der Waals surface area contributed by atoms with Gasteiger partial charge >= 0.3 is 0 Å². The van der Waals surface area contributed by atoms with Crippen LogP contribution in [0.4, 0.5) is 0 Å². The molecule has 3 aromatic rings. The van der Waals surface area contributed by atoms with Crippen molar-refractivity contribution < 1.29 is 0 Å². The van der Waals surface area contributed by atoms with Crippen LogP contribution < -0.4 is 15.6 Å². The summed E-state index contributed by atoms with van der Waals surface area (Å²) in [6.45, 7) is 16.2. The topological polar surface area (TPSA) is 0 Å². The lowest BCUT2D eigenvalue weighted by Crippen LogP contribution is -2.70. The molecule has 0 nitrogen and oxygen atoms in total. The molecule has 1 aliphatic carbocycles. The van der Waals surface area contributed by atoms with E-state index in [1.165, 1.54) is 43.4 Å². The van der Waals surface area contributed by atoms with Crippen molar-refractivity contribution in [2.75, 3.05) is 0 Å².